The average molecular weight is 173 g/mol. The molecule has 0 saturated heterocycles. The lowest BCUT2D eigenvalue weighted by atomic mass is 10.1. The maximum Gasteiger partial charge on any atom is 0.181 e. The van der Waals surface area contributed by atoms with E-state index in [1.807, 2.05) is 19.9 Å². The summed E-state index contributed by atoms with van der Waals surface area (Å²) in [6.07, 6.45) is 0.785. The fraction of sp³-hybridized carbons (Fsp3) is 0.500. The summed E-state index contributed by atoms with van der Waals surface area (Å²) in [6.45, 7) is 3.84. The molecule has 1 rings (SSSR count). The third-order valence-corrected chi connectivity index (χ3v) is 2.53. The van der Waals surface area contributed by atoms with Crippen LogP contribution in [-0.4, -0.2) is 0 Å². The fourth-order valence-corrected chi connectivity index (χ4v) is 1.77. The molecule has 0 aliphatic heterocycles. The van der Waals surface area contributed by atoms with Crippen LogP contribution in [0.4, 0.5) is 4.39 Å². The van der Waals surface area contributed by atoms with E-state index in [9.17, 15) is 4.39 Å². The van der Waals surface area contributed by atoms with Crippen LogP contribution in [0.1, 0.15) is 29.8 Å². The summed E-state index contributed by atoms with van der Waals surface area (Å²) in [5.41, 5.74) is 6.34. The minimum atomic E-state index is -0.139. The van der Waals surface area contributed by atoms with E-state index in [2.05, 4.69) is 0 Å². The Hall–Kier alpha value is -0.410. The summed E-state index contributed by atoms with van der Waals surface area (Å²) in [5.74, 6) is 0. The van der Waals surface area contributed by atoms with Gasteiger partial charge in [-0.3, -0.25) is 0 Å². The second kappa shape index (κ2) is 3.32. The van der Waals surface area contributed by atoms with Gasteiger partial charge in [0.1, 0.15) is 0 Å². The van der Waals surface area contributed by atoms with Crippen LogP contribution in [0.15, 0.2) is 6.07 Å². The molecule has 1 nitrogen and oxygen atoms in total. The topological polar surface area (TPSA) is 26.0 Å². The van der Waals surface area contributed by atoms with Crippen LogP contribution in [0.5, 0.6) is 0 Å². The summed E-state index contributed by atoms with van der Waals surface area (Å²) >= 11 is 1.17. The zero-order valence-electron chi connectivity index (χ0n) is 6.73. The van der Waals surface area contributed by atoms with Gasteiger partial charge in [0, 0.05) is 16.5 Å². The Labute approximate surface area is 70.0 Å². The highest BCUT2D eigenvalue weighted by molar-refractivity contribution is 7.10. The van der Waals surface area contributed by atoms with Crippen molar-refractivity contribution in [3.63, 3.8) is 0 Å². The quantitative estimate of drug-likeness (QED) is 0.731. The molecule has 1 atom stereocenters. The lowest BCUT2D eigenvalue weighted by molar-refractivity contribution is 0.600. The highest BCUT2D eigenvalue weighted by Crippen LogP contribution is 2.25. The summed E-state index contributed by atoms with van der Waals surface area (Å²) < 4.78 is 13.0. The molecule has 0 fully saturated rings. The smallest absolute Gasteiger partial charge is 0.181 e. The Kier molecular flexibility index (Phi) is 2.62. The fourth-order valence-electron chi connectivity index (χ4n) is 0.978. The van der Waals surface area contributed by atoms with Crippen molar-refractivity contribution in [2.45, 2.75) is 26.3 Å². The minimum Gasteiger partial charge on any atom is -0.324 e. The molecule has 0 aliphatic carbocycles. The lowest BCUT2D eigenvalue weighted by Crippen LogP contribution is -2.08. The van der Waals surface area contributed by atoms with Gasteiger partial charge in [0.05, 0.1) is 0 Å². The molecule has 0 spiro atoms. The van der Waals surface area contributed by atoms with E-state index in [-0.39, 0.29) is 11.2 Å². The van der Waals surface area contributed by atoms with Crippen molar-refractivity contribution in [1.29, 1.82) is 0 Å². The first-order valence-corrected chi connectivity index (χ1v) is 4.48. The van der Waals surface area contributed by atoms with Crippen LogP contribution in [-0.2, 0) is 0 Å². The van der Waals surface area contributed by atoms with E-state index in [1.165, 1.54) is 11.3 Å². The van der Waals surface area contributed by atoms with E-state index in [0.717, 1.165) is 11.3 Å². The molecule has 0 aliphatic rings. The standard InChI is InChI=1S/C8H12FNS/c1-3-7(10)6-4-5(2)11-8(6)9/h4,7H,3,10H2,1-2H3. The van der Waals surface area contributed by atoms with Gasteiger partial charge in [0.25, 0.3) is 0 Å². The van der Waals surface area contributed by atoms with Crippen LogP contribution >= 0.6 is 11.3 Å². The second-order valence-electron chi connectivity index (χ2n) is 2.60. The van der Waals surface area contributed by atoms with Crippen molar-refractivity contribution in [1.82, 2.24) is 0 Å². The van der Waals surface area contributed by atoms with Gasteiger partial charge in [-0.25, -0.2) is 0 Å². The van der Waals surface area contributed by atoms with Gasteiger partial charge in [-0.2, -0.15) is 4.39 Å². The van der Waals surface area contributed by atoms with E-state index in [4.69, 9.17) is 5.73 Å². The first kappa shape index (κ1) is 8.68. The molecule has 0 aromatic carbocycles. The molecule has 62 valence electrons. The Morgan fingerprint density at radius 1 is 1.73 bits per heavy atom. The number of hydrogen-bond donors (Lipinski definition) is 1. The molecular weight excluding hydrogens is 161 g/mol. The minimum absolute atomic E-state index is 0.128. The van der Waals surface area contributed by atoms with Crippen LogP contribution in [0, 0.1) is 12.1 Å². The maximum absolute atomic E-state index is 13.0. The molecule has 0 amide bonds. The molecule has 1 aromatic heterocycles. The van der Waals surface area contributed by atoms with Crippen LogP contribution in [0.25, 0.3) is 0 Å². The van der Waals surface area contributed by atoms with Gasteiger partial charge >= 0.3 is 0 Å². The Balaban J connectivity index is 2.93. The predicted molar refractivity (Wildman–Crippen MR) is 46.2 cm³/mol. The van der Waals surface area contributed by atoms with Crippen molar-refractivity contribution < 1.29 is 4.39 Å². The zero-order valence-corrected chi connectivity index (χ0v) is 7.54. The number of nitrogens with two attached hydrogens (primary N) is 1. The highest BCUT2D eigenvalue weighted by atomic mass is 32.1. The predicted octanol–water partition coefficient (Wildman–Crippen LogP) is 2.61. The molecule has 11 heavy (non-hydrogen) atoms. The van der Waals surface area contributed by atoms with Gasteiger partial charge in [-0.1, -0.05) is 6.92 Å². The van der Waals surface area contributed by atoms with Gasteiger partial charge < -0.3 is 5.73 Å². The lowest BCUT2D eigenvalue weighted by Gasteiger charge is -2.04. The maximum atomic E-state index is 13.0. The monoisotopic (exact) mass is 173 g/mol. The third-order valence-electron chi connectivity index (χ3n) is 1.68. The molecule has 3 heteroatoms. The van der Waals surface area contributed by atoms with Crippen molar-refractivity contribution in [3.05, 3.63) is 21.6 Å². The first-order chi connectivity index (χ1) is 5.15. The SMILES string of the molecule is CCC(N)c1cc(C)sc1F. The Morgan fingerprint density at radius 2 is 2.36 bits per heavy atom. The molecule has 1 unspecified atom stereocenters. The number of aryl methyl sites for hydroxylation is 1. The molecular formula is C8H12FNS. The number of rotatable bonds is 2. The average Bonchev–Trinajstić information content (AvgIpc) is 2.28. The van der Waals surface area contributed by atoms with Gasteiger partial charge in [-0.15, -0.1) is 11.3 Å². The van der Waals surface area contributed by atoms with Crippen molar-refractivity contribution in [3.8, 4) is 0 Å². The molecule has 0 radical (unpaired) electrons. The van der Waals surface area contributed by atoms with E-state index < -0.39 is 0 Å². The Bertz CT molecular complexity index is 244. The Morgan fingerprint density at radius 3 is 2.73 bits per heavy atom. The molecule has 0 bridgehead atoms. The summed E-state index contributed by atoms with van der Waals surface area (Å²) in [7, 11) is 0. The van der Waals surface area contributed by atoms with Crippen LogP contribution < -0.4 is 5.73 Å². The summed E-state index contributed by atoms with van der Waals surface area (Å²) in [4.78, 5) is 0.987. The van der Waals surface area contributed by atoms with Gasteiger partial charge in [0.2, 0.25) is 0 Å². The number of thiophene rings is 1. The normalized spacial score (nSPS) is 13.5. The van der Waals surface area contributed by atoms with Crippen molar-refractivity contribution in [2.24, 2.45) is 5.73 Å². The van der Waals surface area contributed by atoms with Gasteiger partial charge in [-0.05, 0) is 19.4 Å². The molecule has 1 aromatic rings. The summed E-state index contributed by atoms with van der Waals surface area (Å²) in [6, 6.07) is 1.69. The summed E-state index contributed by atoms with van der Waals surface area (Å²) in [5, 5.41) is -0.128. The molecule has 0 saturated carbocycles. The van der Waals surface area contributed by atoms with E-state index in [0.29, 0.717) is 5.56 Å². The number of halogens is 1. The zero-order chi connectivity index (χ0) is 8.43. The number of hydrogen-bond acceptors (Lipinski definition) is 2. The van der Waals surface area contributed by atoms with Crippen LogP contribution in [0.2, 0.25) is 0 Å². The van der Waals surface area contributed by atoms with E-state index >= 15 is 0 Å². The molecule has 1 heterocycles. The second-order valence-corrected chi connectivity index (χ2v) is 3.81. The largest absolute Gasteiger partial charge is 0.324 e. The van der Waals surface area contributed by atoms with Crippen molar-refractivity contribution in [2.75, 3.05) is 0 Å². The van der Waals surface area contributed by atoms with E-state index in [1.54, 1.807) is 0 Å². The van der Waals surface area contributed by atoms with Crippen LogP contribution in [0.3, 0.4) is 0 Å². The first-order valence-electron chi connectivity index (χ1n) is 3.66. The molecule has 2 N–H and O–H groups in total. The van der Waals surface area contributed by atoms with Gasteiger partial charge in [0.15, 0.2) is 5.13 Å². The highest BCUT2D eigenvalue weighted by Gasteiger charge is 2.11. The third kappa shape index (κ3) is 1.79. The van der Waals surface area contributed by atoms with Crippen molar-refractivity contribution >= 4 is 11.3 Å².